The number of benzene rings is 1. The van der Waals surface area contributed by atoms with Gasteiger partial charge >= 0.3 is 12.1 Å². The second kappa shape index (κ2) is 6.61. The quantitative estimate of drug-likeness (QED) is 0.777. The first-order chi connectivity index (χ1) is 13.3. The molecule has 3 fully saturated rings. The van der Waals surface area contributed by atoms with Gasteiger partial charge in [0.15, 0.2) is 11.6 Å². The molecule has 2 amide bonds. The molecule has 0 spiro atoms. The van der Waals surface area contributed by atoms with E-state index < -0.39 is 35.7 Å². The molecule has 2 unspecified atom stereocenters. The van der Waals surface area contributed by atoms with Crippen molar-refractivity contribution in [1.29, 1.82) is 0 Å². The van der Waals surface area contributed by atoms with Crippen LogP contribution in [0.25, 0.3) is 0 Å². The molecular formula is C18H19F2N3O5. The number of cyclic esters (lactones) is 1. The summed E-state index contributed by atoms with van der Waals surface area (Å²) in [4.78, 5) is 36.7. The number of hydrogen-bond acceptors (Lipinski definition) is 5. The molecule has 4 rings (SSSR count). The molecule has 2 heterocycles. The van der Waals surface area contributed by atoms with Crippen molar-refractivity contribution in [2.75, 3.05) is 36.0 Å². The fraction of sp³-hybridized carbons (Fsp3) is 0.500. The summed E-state index contributed by atoms with van der Waals surface area (Å²) in [5.74, 6) is -3.38. The molecule has 1 aromatic rings. The number of piperidine rings is 1. The smallest absolute Gasteiger partial charge is 0.414 e. The van der Waals surface area contributed by atoms with Gasteiger partial charge in [0.1, 0.15) is 11.8 Å². The first kappa shape index (κ1) is 18.5. The van der Waals surface area contributed by atoms with Gasteiger partial charge in [0.05, 0.1) is 24.7 Å². The number of carbonyl (C=O) groups excluding carboxylic acids is 2. The van der Waals surface area contributed by atoms with E-state index >= 15 is 0 Å². The molecule has 1 aliphatic carbocycles. The fourth-order valence-electron chi connectivity index (χ4n) is 4.18. The fourth-order valence-corrected chi connectivity index (χ4v) is 4.18. The zero-order valence-electron chi connectivity index (χ0n) is 15.0. The predicted molar refractivity (Wildman–Crippen MR) is 93.0 cm³/mol. The van der Waals surface area contributed by atoms with Crippen LogP contribution in [0.3, 0.4) is 0 Å². The van der Waals surface area contributed by atoms with Crippen LogP contribution in [0.5, 0.6) is 0 Å². The molecule has 28 heavy (non-hydrogen) atoms. The van der Waals surface area contributed by atoms with Crippen molar-refractivity contribution in [3.8, 4) is 0 Å². The van der Waals surface area contributed by atoms with Crippen molar-refractivity contribution in [3.63, 3.8) is 0 Å². The molecule has 2 saturated heterocycles. The Kier molecular flexibility index (Phi) is 4.35. The third-order valence-electron chi connectivity index (χ3n) is 5.56. The number of anilines is 2. The second-order valence-electron chi connectivity index (χ2n) is 7.41. The van der Waals surface area contributed by atoms with Gasteiger partial charge in [0.25, 0.3) is 0 Å². The van der Waals surface area contributed by atoms with Gasteiger partial charge in [-0.2, -0.15) is 0 Å². The summed E-state index contributed by atoms with van der Waals surface area (Å²) in [7, 11) is 0. The van der Waals surface area contributed by atoms with Crippen LogP contribution in [0.1, 0.15) is 6.92 Å². The molecule has 2 aliphatic heterocycles. The highest BCUT2D eigenvalue weighted by molar-refractivity contribution is 5.90. The largest absolute Gasteiger partial charge is 0.481 e. The van der Waals surface area contributed by atoms with Crippen LogP contribution in [-0.4, -0.2) is 55.4 Å². The van der Waals surface area contributed by atoms with Gasteiger partial charge in [-0.05, 0) is 11.8 Å². The maximum atomic E-state index is 14.7. The van der Waals surface area contributed by atoms with E-state index in [1.165, 1.54) is 11.8 Å². The molecule has 0 bridgehead atoms. The lowest BCUT2D eigenvalue weighted by molar-refractivity contribution is -0.139. The number of nitrogens with one attached hydrogen (secondary N) is 1. The second-order valence-corrected chi connectivity index (χ2v) is 7.41. The summed E-state index contributed by atoms with van der Waals surface area (Å²) in [5, 5.41) is 11.6. The van der Waals surface area contributed by atoms with Crippen LogP contribution in [0.15, 0.2) is 12.1 Å². The van der Waals surface area contributed by atoms with Crippen molar-refractivity contribution >= 4 is 29.3 Å². The van der Waals surface area contributed by atoms with Gasteiger partial charge in [-0.15, -0.1) is 0 Å². The summed E-state index contributed by atoms with van der Waals surface area (Å²) in [6.07, 6.45) is -1.35. The molecule has 1 saturated carbocycles. The summed E-state index contributed by atoms with van der Waals surface area (Å²) in [6.45, 7) is 2.09. The Bertz CT molecular complexity index is 829. The molecule has 0 aromatic heterocycles. The Morgan fingerprint density at radius 1 is 1.21 bits per heavy atom. The van der Waals surface area contributed by atoms with Crippen molar-refractivity contribution in [3.05, 3.63) is 23.8 Å². The van der Waals surface area contributed by atoms with E-state index in [0.29, 0.717) is 13.1 Å². The number of rotatable bonds is 5. The van der Waals surface area contributed by atoms with E-state index in [2.05, 4.69) is 5.32 Å². The Morgan fingerprint density at radius 2 is 1.82 bits per heavy atom. The highest BCUT2D eigenvalue weighted by Gasteiger charge is 2.60. The third-order valence-corrected chi connectivity index (χ3v) is 5.56. The van der Waals surface area contributed by atoms with Gasteiger partial charge in [-0.1, -0.05) is 0 Å². The summed E-state index contributed by atoms with van der Waals surface area (Å²) in [6, 6.07) is 2.14. The van der Waals surface area contributed by atoms with Crippen LogP contribution in [0.2, 0.25) is 0 Å². The molecule has 1 aromatic carbocycles. The predicted octanol–water partition coefficient (Wildman–Crippen LogP) is 1.19. The summed E-state index contributed by atoms with van der Waals surface area (Å²) < 4.78 is 34.4. The molecule has 10 heteroatoms. The molecule has 3 atom stereocenters. The number of ether oxygens (including phenoxy) is 1. The lowest BCUT2D eigenvalue weighted by Crippen LogP contribution is -2.33. The molecule has 8 nitrogen and oxygen atoms in total. The van der Waals surface area contributed by atoms with Crippen molar-refractivity contribution in [2.45, 2.75) is 13.0 Å². The van der Waals surface area contributed by atoms with E-state index in [-0.39, 0.29) is 42.2 Å². The zero-order valence-corrected chi connectivity index (χ0v) is 15.0. The first-order valence-corrected chi connectivity index (χ1v) is 8.95. The van der Waals surface area contributed by atoms with Crippen molar-refractivity contribution in [1.82, 2.24) is 5.32 Å². The van der Waals surface area contributed by atoms with E-state index in [4.69, 9.17) is 9.84 Å². The molecule has 2 N–H and O–H groups in total. The normalized spacial score (nSPS) is 28.2. The number of hydrogen-bond donors (Lipinski definition) is 2. The Labute approximate surface area is 159 Å². The minimum atomic E-state index is -0.868. The molecular weight excluding hydrogens is 376 g/mol. The van der Waals surface area contributed by atoms with Gasteiger partial charge in [0.2, 0.25) is 5.91 Å². The minimum absolute atomic E-state index is 0.0295. The first-order valence-electron chi connectivity index (χ1n) is 8.95. The van der Waals surface area contributed by atoms with E-state index in [1.807, 2.05) is 0 Å². The number of carboxylic acid groups (broad SMARTS) is 1. The average molecular weight is 395 g/mol. The Hall–Kier alpha value is -2.91. The van der Waals surface area contributed by atoms with Crippen LogP contribution < -0.4 is 15.1 Å². The van der Waals surface area contributed by atoms with Gasteiger partial charge in [-0.3, -0.25) is 14.5 Å². The SMILES string of the molecule is CC(=O)NC[C@H]1CN(c2cc(F)c(N3CC4C(C3)C4C(=O)O)c(F)c2)C(=O)O1. The molecule has 3 aliphatic rings. The van der Waals surface area contributed by atoms with E-state index in [1.54, 1.807) is 0 Å². The minimum Gasteiger partial charge on any atom is -0.481 e. The number of amides is 2. The van der Waals surface area contributed by atoms with Gasteiger partial charge < -0.3 is 20.1 Å². The lowest BCUT2D eigenvalue weighted by atomic mass is 10.2. The van der Waals surface area contributed by atoms with E-state index in [0.717, 1.165) is 17.0 Å². The third kappa shape index (κ3) is 3.12. The van der Waals surface area contributed by atoms with Crippen LogP contribution in [0, 0.1) is 29.4 Å². The summed E-state index contributed by atoms with van der Waals surface area (Å²) >= 11 is 0. The standard InChI is InChI=1S/C18H19F2N3O5/c1-8(24)21-4-10-5-23(18(27)28-10)9-2-13(19)16(14(20)3-9)22-6-11-12(7-22)15(11)17(25)26/h2-3,10-12,15H,4-7H2,1H3,(H,21,24)(H,25,26)/t10-,11?,12?,15?/m0/s1. The number of fused-ring (bicyclic) bond motifs is 1. The monoisotopic (exact) mass is 395 g/mol. The van der Waals surface area contributed by atoms with Crippen LogP contribution in [0.4, 0.5) is 25.0 Å². The maximum absolute atomic E-state index is 14.7. The lowest BCUT2D eigenvalue weighted by Gasteiger charge is -2.24. The topological polar surface area (TPSA) is 99.2 Å². The number of carboxylic acids is 1. The zero-order chi connectivity index (χ0) is 20.2. The Balaban J connectivity index is 1.47. The van der Waals surface area contributed by atoms with Gasteiger partial charge in [-0.25, -0.2) is 13.6 Å². The number of halogens is 2. The maximum Gasteiger partial charge on any atom is 0.414 e. The average Bonchev–Trinajstić information content (AvgIpc) is 2.94. The van der Waals surface area contributed by atoms with E-state index in [9.17, 15) is 23.2 Å². The van der Waals surface area contributed by atoms with Crippen molar-refractivity contribution < 1.29 is 33.0 Å². The van der Waals surface area contributed by atoms with Crippen molar-refractivity contribution in [2.24, 2.45) is 17.8 Å². The molecule has 150 valence electrons. The van der Waals surface area contributed by atoms with Crippen LogP contribution >= 0.6 is 0 Å². The molecule has 0 radical (unpaired) electrons. The number of nitrogens with zero attached hydrogens (tertiary/aromatic N) is 2. The Morgan fingerprint density at radius 3 is 2.36 bits per heavy atom. The number of carbonyl (C=O) groups is 3. The number of aliphatic carboxylic acids is 1. The van der Waals surface area contributed by atoms with Gasteiger partial charge in [0, 0.05) is 32.1 Å². The highest BCUT2D eigenvalue weighted by Crippen LogP contribution is 2.53. The summed E-state index contributed by atoms with van der Waals surface area (Å²) in [5.41, 5.74) is -0.177. The van der Waals surface area contributed by atoms with Crippen LogP contribution in [-0.2, 0) is 14.3 Å². The highest BCUT2D eigenvalue weighted by atomic mass is 19.1.